The van der Waals surface area contributed by atoms with E-state index in [1.807, 2.05) is 6.07 Å². The fourth-order valence-electron chi connectivity index (χ4n) is 6.43. The molecule has 1 aliphatic carbocycles. The van der Waals surface area contributed by atoms with E-state index in [1.165, 1.54) is 11.1 Å². The molecule has 4 heteroatoms. The van der Waals surface area contributed by atoms with Gasteiger partial charge in [-0.1, -0.05) is 18.2 Å². The first-order valence-corrected chi connectivity index (χ1v) is 9.41. The van der Waals surface area contributed by atoms with E-state index in [0.29, 0.717) is 11.8 Å². The molecular formula is C21H25N2O2+. The Morgan fingerprint density at radius 1 is 1.44 bits per heavy atom. The first-order chi connectivity index (χ1) is 12.1. The van der Waals surface area contributed by atoms with Crippen LogP contribution in [0.4, 0.5) is 5.69 Å². The average molecular weight is 337 g/mol. The van der Waals surface area contributed by atoms with Crippen molar-refractivity contribution in [1.82, 2.24) is 0 Å². The summed E-state index contributed by atoms with van der Waals surface area (Å²) in [6, 6.07) is 6.32. The highest BCUT2D eigenvalue weighted by atomic mass is 16.3. The first-order valence-electron chi connectivity index (χ1n) is 9.41. The highest BCUT2D eigenvalue weighted by Gasteiger charge is 2.68. The number of carbonyl (C=O) groups is 1. The molecule has 1 aromatic rings. The lowest BCUT2D eigenvalue weighted by Crippen LogP contribution is -2.63. The molecular weight excluding hydrogens is 312 g/mol. The molecule has 3 heterocycles. The van der Waals surface area contributed by atoms with Crippen LogP contribution in [0.15, 0.2) is 41.1 Å². The average Bonchev–Trinajstić information content (AvgIpc) is 3.17. The molecule has 0 radical (unpaired) electrons. The Labute approximate surface area is 148 Å². The summed E-state index contributed by atoms with van der Waals surface area (Å²) in [6.07, 6.45) is 5.39. The van der Waals surface area contributed by atoms with Crippen molar-refractivity contribution in [2.75, 3.05) is 25.0 Å². The first kappa shape index (κ1) is 15.2. The van der Waals surface area contributed by atoms with Crippen LogP contribution in [0, 0.1) is 5.92 Å². The zero-order valence-electron chi connectivity index (χ0n) is 14.9. The molecule has 4 nitrogen and oxygen atoms in total. The summed E-state index contributed by atoms with van der Waals surface area (Å²) < 4.78 is 1.11. The zero-order chi connectivity index (χ0) is 17.4. The smallest absolute Gasteiger partial charge is 0.148 e. The number of phenols is 1. The molecule has 1 unspecified atom stereocenters. The van der Waals surface area contributed by atoms with E-state index in [-0.39, 0.29) is 11.3 Å². The van der Waals surface area contributed by atoms with Crippen molar-refractivity contribution in [3.8, 4) is 5.75 Å². The summed E-state index contributed by atoms with van der Waals surface area (Å²) in [5.41, 5.74) is 5.29. The Kier molecular flexibility index (Phi) is 2.89. The largest absolute Gasteiger partial charge is 0.506 e. The molecule has 2 N–H and O–H groups in total. The van der Waals surface area contributed by atoms with Crippen LogP contribution in [-0.4, -0.2) is 41.6 Å². The van der Waals surface area contributed by atoms with Crippen molar-refractivity contribution in [3.05, 3.63) is 46.7 Å². The van der Waals surface area contributed by atoms with Gasteiger partial charge in [-0.05, 0) is 31.1 Å². The standard InChI is InChI=1S/C21H24N2O2/c1-3-13-11-23(4-2)9-8-21-16-6-5-7-17(25)19(16)22-20(21)15(12-24)14(13)10-18(21)23/h3,5-7,12,14,18H,4,8-11H2,1-2H3,(H-,22,24,25)/p+1/t14-,18-,21+,23?/m0/s1. The highest BCUT2D eigenvalue weighted by Crippen LogP contribution is 2.64. The van der Waals surface area contributed by atoms with Crippen LogP contribution in [0.25, 0.3) is 0 Å². The quantitative estimate of drug-likeness (QED) is 0.377. The lowest BCUT2D eigenvalue weighted by atomic mass is 9.61. The van der Waals surface area contributed by atoms with Gasteiger partial charge in [0.2, 0.25) is 0 Å². The van der Waals surface area contributed by atoms with E-state index in [0.717, 1.165) is 60.2 Å². The highest BCUT2D eigenvalue weighted by molar-refractivity contribution is 5.85. The molecule has 5 rings (SSSR count). The Balaban J connectivity index is 1.85. The number of rotatable bonds is 2. The molecule has 0 amide bonds. The van der Waals surface area contributed by atoms with Gasteiger partial charge in [-0.3, -0.25) is 4.79 Å². The van der Waals surface area contributed by atoms with Crippen LogP contribution in [0.1, 0.15) is 32.3 Å². The SMILES string of the molecule is CC=C1C[N+]2(CC)CC[C@]34C(=C(C=O)[C@H]1C[C@@H]32)Nc1c(O)cccc14. The molecule has 130 valence electrons. The summed E-state index contributed by atoms with van der Waals surface area (Å²) in [4.78, 5) is 12.1. The molecule has 2 saturated heterocycles. The normalized spacial score (nSPS) is 39.2. The van der Waals surface area contributed by atoms with Gasteiger partial charge in [0.1, 0.15) is 24.6 Å². The molecule has 1 spiro atoms. The summed E-state index contributed by atoms with van der Waals surface area (Å²) in [5.74, 6) is 0.525. The van der Waals surface area contributed by atoms with Crippen molar-refractivity contribution in [2.24, 2.45) is 5.92 Å². The number of aldehydes is 1. The van der Waals surface area contributed by atoms with Crippen molar-refractivity contribution >= 4 is 12.0 Å². The topological polar surface area (TPSA) is 49.3 Å². The van der Waals surface area contributed by atoms with Crippen molar-refractivity contribution < 1.29 is 14.4 Å². The minimum Gasteiger partial charge on any atom is -0.506 e. The van der Waals surface area contributed by atoms with Gasteiger partial charge in [-0.25, -0.2) is 0 Å². The third-order valence-corrected chi connectivity index (χ3v) is 7.60. The van der Waals surface area contributed by atoms with E-state index in [9.17, 15) is 9.90 Å². The van der Waals surface area contributed by atoms with Crippen LogP contribution in [0.2, 0.25) is 0 Å². The number of phenolic OH excluding ortho intramolecular Hbond substituents is 1. The van der Waals surface area contributed by atoms with Gasteiger partial charge in [-0.2, -0.15) is 0 Å². The van der Waals surface area contributed by atoms with E-state index < -0.39 is 0 Å². The Hall–Kier alpha value is -2.07. The second kappa shape index (κ2) is 4.76. The van der Waals surface area contributed by atoms with E-state index in [2.05, 4.69) is 31.3 Å². The van der Waals surface area contributed by atoms with E-state index in [1.54, 1.807) is 6.07 Å². The molecule has 1 aromatic carbocycles. The predicted octanol–water partition coefficient (Wildman–Crippen LogP) is 3.10. The summed E-state index contributed by atoms with van der Waals surface area (Å²) in [7, 11) is 0. The fraction of sp³-hybridized carbons (Fsp3) is 0.476. The lowest BCUT2D eigenvalue weighted by Gasteiger charge is -2.53. The number of nitrogens with one attached hydrogen (secondary N) is 1. The Bertz CT molecular complexity index is 855. The van der Waals surface area contributed by atoms with Crippen molar-refractivity contribution in [3.63, 3.8) is 0 Å². The number of quaternary nitrogens is 1. The minimum absolute atomic E-state index is 0.129. The molecule has 0 aromatic heterocycles. The number of para-hydroxylation sites is 1. The van der Waals surface area contributed by atoms with E-state index in [4.69, 9.17) is 0 Å². The molecule has 2 fully saturated rings. The number of allylic oxidation sites excluding steroid dienone is 2. The number of hydrogen-bond donors (Lipinski definition) is 2. The fourth-order valence-corrected chi connectivity index (χ4v) is 6.43. The predicted molar refractivity (Wildman–Crippen MR) is 97.3 cm³/mol. The maximum atomic E-state index is 12.1. The number of hydrogen-bond acceptors (Lipinski definition) is 3. The van der Waals surface area contributed by atoms with Crippen molar-refractivity contribution in [1.29, 1.82) is 0 Å². The molecule has 2 bridgehead atoms. The number of likely N-dealkylation sites (N-methyl/N-ethyl adjacent to an activating group) is 1. The third kappa shape index (κ3) is 1.55. The van der Waals surface area contributed by atoms with Gasteiger partial charge in [0.15, 0.2) is 0 Å². The number of piperidine rings is 1. The second-order valence-electron chi connectivity index (χ2n) is 8.08. The summed E-state index contributed by atoms with van der Waals surface area (Å²) >= 11 is 0. The van der Waals surface area contributed by atoms with Crippen LogP contribution >= 0.6 is 0 Å². The van der Waals surface area contributed by atoms with Crippen LogP contribution in [0.5, 0.6) is 5.75 Å². The molecule has 4 atom stereocenters. The number of benzene rings is 1. The van der Waals surface area contributed by atoms with Gasteiger partial charge in [-0.15, -0.1) is 0 Å². The third-order valence-electron chi connectivity index (χ3n) is 7.60. The monoisotopic (exact) mass is 337 g/mol. The van der Waals surface area contributed by atoms with Gasteiger partial charge >= 0.3 is 0 Å². The Morgan fingerprint density at radius 2 is 2.28 bits per heavy atom. The van der Waals surface area contributed by atoms with E-state index >= 15 is 0 Å². The summed E-state index contributed by atoms with van der Waals surface area (Å²) in [5, 5.41) is 13.9. The maximum absolute atomic E-state index is 12.1. The van der Waals surface area contributed by atoms with Crippen LogP contribution in [-0.2, 0) is 10.2 Å². The van der Waals surface area contributed by atoms with Crippen molar-refractivity contribution in [2.45, 2.75) is 38.1 Å². The number of fused-ring (bicyclic) bond motifs is 2. The second-order valence-corrected chi connectivity index (χ2v) is 8.08. The zero-order valence-corrected chi connectivity index (χ0v) is 14.9. The van der Waals surface area contributed by atoms with Gasteiger partial charge in [0, 0.05) is 30.0 Å². The number of nitrogens with zero attached hydrogens (tertiary/aromatic N) is 1. The minimum atomic E-state index is -0.129. The number of aromatic hydroxyl groups is 1. The molecule has 4 aliphatic rings. The van der Waals surface area contributed by atoms with Crippen LogP contribution in [0.3, 0.4) is 0 Å². The van der Waals surface area contributed by atoms with Gasteiger partial charge in [0.25, 0.3) is 0 Å². The molecule has 25 heavy (non-hydrogen) atoms. The summed E-state index contributed by atoms with van der Waals surface area (Å²) in [6.45, 7) is 7.72. The maximum Gasteiger partial charge on any atom is 0.148 e. The number of carbonyl (C=O) groups excluding carboxylic acids is 1. The molecule has 3 aliphatic heterocycles. The Morgan fingerprint density at radius 3 is 3.00 bits per heavy atom. The van der Waals surface area contributed by atoms with Gasteiger partial charge < -0.3 is 14.9 Å². The van der Waals surface area contributed by atoms with Gasteiger partial charge in [0.05, 0.1) is 24.2 Å². The number of anilines is 1. The van der Waals surface area contributed by atoms with Crippen LogP contribution < -0.4 is 5.32 Å². The molecule has 0 saturated carbocycles. The lowest BCUT2D eigenvalue weighted by molar-refractivity contribution is -0.940.